The summed E-state index contributed by atoms with van der Waals surface area (Å²) in [5.74, 6) is -0.0697. The highest BCUT2D eigenvalue weighted by Crippen LogP contribution is 2.29. The summed E-state index contributed by atoms with van der Waals surface area (Å²) in [7, 11) is 0. The average molecular weight is 407 g/mol. The summed E-state index contributed by atoms with van der Waals surface area (Å²) in [6.07, 6.45) is 2.82. The Hall–Kier alpha value is -2.77. The number of anilines is 1. The fraction of sp³-hybridized carbons (Fsp3) is 0.318. The molecule has 3 heterocycles. The van der Waals surface area contributed by atoms with Crippen LogP contribution < -0.4 is 10.5 Å². The Morgan fingerprint density at radius 1 is 1.24 bits per heavy atom. The van der Waals surface area contributed by atoms with Crippen LogP contribution in [0.2, 0.25) is 0 Å². The number of ether oxygens (including phenoxy) is 1. The lowest BCUT2D eigenvalue weighted by molar-refractivity contribution is 0.0957. The molecular weight excluding hydrogens is 386 g/mol. The first-order chi connectivity index (χ1) is 14.1. The smallest absolute Gasteiger partial charge is 0.262 e. The highest BCUT2D eigenvalue weighted by molar-refractivity contribution is 7.71. The van der Waals surface area contributed by atoms with Gasteiger partial charge in [-0.25, -0.2) is 0 Å². The predicted octanol–water partition coefficient (Wildman–Crippen LogP) is 3.44. The second-order valence-corrected chi connectivity index (χ2v) is 7.96. The maximum Gasteiger partial charge on any atom is 0.262 e. The molecule has 7 heteroatoms. The van der Waals surface area contributed by atoms with Crippen molar-refractivity contribution in [2.75, 3.05) is 18.1 Å². The van der Waals surface area contributed by atoms with Crippen molar-refractivity contribution in [1.82, 2.24) is 9.55 Å². The number of para-hydroxylation sites is 1. The van der Waals surface area contributed by atoms with Crippen molar-refractivity contribution >= 4 is 34.7 Å². The average Bonchev–Trinajstić information content (AvgIpc) is 3.40. The molecule has 0 radical (unpaired) electrons. The van der Waals surface area contributed by atoms with Crippen LogP contribution in [0.5, 0.6) is 0 Å². The third-order valence-corrected chi connectivity index (χ3v) is 6.09. The number of carbonyl (C=O) groups excluding carboxylic acids is 1. The highest BCUT2D eigenvalue weighted by atomic mass is 32.1. The number of rotatable bonds is 3. The van der Waals surface area contributed by atoms with Crippen molar-refractivity contribution < 1.29 is 9.53 Å². The molecule has 1 N–H and O–H groups in total. The molecule has 2 aliphatic heterocycles. The molecule has 0 saturated carbocycles. The van der Waals surface area contributed by atoms with Crippen LogP contribution in [0.3, 0.4) is 0 Å². The summed E-state index contributed by atoms with van der Waals surface area (Å²) in [6.45, 7) is 1.85. The number of carbonyl (C=O) groups is 1. The van der Waals surface area contributed by atoms with E-state index in [1.54, 1.807) is 27.7 Å². The molecule has 3 aromatic rings. The summed E-state index contributed by atoms with van der Waals surface area (Å²) < 4.78 is 7.56. The molecule has 1 fully saturated rings. The molecule has 2 aliphatic rings. The van der Waals surface area contributed by atoms with Gasteiger partial charge in [0.15, 0.2) is 4.77 Å². The molecule has 1 aromatic heterocycles. The minimum atomic E-state index is -0.148. The molecule has 29 heavy (non-hydrogen) atoms. The van der Waals surface area contributed by atoms with Crippen molar-refractivity contribution in [3.8, 4) is 0 Å². The number of amides is 1. The summed E-state index contributed by atoms with van der Waals surface area (Å²) in [5, 5.41) is 0.523. The second-order valence-electron chi connectivity index (χ2n) is 7.58. The van der Waals surface area contributed by atoms with E-state index in [4.69, 9.17) is 17.0 Å². The molecule has 0 spiro atoms. The lowest BCUT2D eigenvalue weighted by Crippen LogP contribution is -2.30. The van der Waals surface area contributed by atoms with Crippen LogP contribution in [-0.4, -0.2) is 34.7 Å². The first-order valence-corrected chi connectivity index (χ1v) is 10.3. The molecule has 1 amide bonds. The van der Waals surface area contributed by atoms with Crippen molar-refractivity contribution in [3.05, 3.63) is 68.7 Å². The maximum absolute atomic E-state index is 13.1. The lowest BCUT2D eigenvalue weighted by atomic mass is 10.1. The molecule has 1 saturated heterocycles. The molecule has 1 atom stereocenters. The minimum Gasteiger partial charge on any atom is -0.376 e. The Kier molecular flexibility index (Phi) is 4.56. The molecule has 5 rings (SSSR count). The first-order valence-electron chi connectivity index (χ1n) is 9.90. The molecule has 0 aliphatic carbocycles. The van der Waals surface area contributed by atoms with E-state index in [2.05, 4.69) is 11.1 Å². The quantitative estimate of drug-likeness (QED) is 0.676. The number of nitrogens with zero attached hydrogens (tertiary/aromatic N) is 2. The van der Waals surface area contributed by atoms with Crippen LogP contribution in [-0.2, 0) is 17.7 Å². The topological polar surface area (TPSA) is 67.3 Å². The van der Waals surface area contributed by atoms with Crippen LogP contribution in [0.15, 0.2) is 47.3 Å². The largest absolute Gasteiger partial charge is 0.376 e. The van der Waals surface area contributed by atoms with Gasteiger partial charge in [0.1, 0.15) is 0 Å². The SMILES string of the molecule is O=C(c1ccc2c(=O)n(CC3CCCO3)c(=S)[nH]c2c1)N1CCc2ccccc21. The van der Waals surface area contributed by atoms with Gasteiger partial charge >= 0.3 is 0 Å². The summed E-state index contributed by atoms with van der Waals surface area (Å²) in [6, 6.07) is 13.1. The first kappa shape index (κ1) is 18.3. The van der Waals surface area contributed by atoms with Gasteiger partial charge in [0.05, 0.1) is 23.6 Å². The minimum absolute atomic E-state index is 0.0244. The lowest BCUT2D eigenvalue weighted by Gasteiger charge is -2.18. The third-order valence-electron chi connectivity index (χ3n) is 5.77. The van der Waals surface area contributed by atoms with Crippen LogP contribution >= 0.6 is 12.2 Å². The van der Waals surface area contributed by atoms with Gasteiger partial charge in [-0.05, 0) is 61.3 Å². The number of aromatic nitrogens is 2. The van der Waals surface area contributed by atoms with E-state index in [1.165, 1.54) is 5.56 Å². The number of hydrogen-bond donors (Lipinski definition) is 1. The molecule has 0 bridgehead atoms. The standard InChI is InChI=1S/C22H21N3O3S/c26-20(24-10-9-14-4-1-2-6-19(14)24)15-7-8-17-18(12-15)23-22(29)25(21(17)27)13-16-5-3-11-28-16/h1-2,4,6-8,12,16H,3,5,9-11,13H2,(H,23,29). The van der Waals surface area contributed by atoms with Gasteiger partial charge < -0.3 is 14.6 Å². The number of nitrogens with one attached hydrogen (secondary N) is 1. The molecule has 2 aromatic carbocycles. The van der Waals surface area contributed by atoms with Crippen LogP contribution in [0, 0.1) is 4.77 Å². The van der Waals surface area contributed by atoms with Crippen LogP contribution in [0.4, 0.5) is 5.69 Å². The van der Waals surface area contributed by atoms with Gasteiger partial charge in [-0.1, -0.05) is 18.2 Å². The van der Waals surface area contributed by atoms with Gasteiger partial charge in [0.25, 0.3) is 11.5 Å². The highest BCUT2D eigenvalue weighted by Gasteiger charge is 2.25. The van der Waals surface area contributed by atoms with Gasteiger partial charge in [-0.3, -0.25) is 14.2 Å². The van der Waals surface area contributed by atoms with E-state index in [0.29, 0.717) is 34.3 Å². The van der Waals surface area contributed by atoms with E-state index in [-0.39, 0.29) is 17.6 Å². The fourth-order valence-corrected chi connectivity index (χ4v) is 4.52. The fourth-order valence-electron chi connectivity index (χ4n) is 4.25. The van der Waals surface area contributed by atoms with Crippen molar-refractivity contribution in [3.63, 3.8) is 0 Å². The van der Waals surface area contributed by atoms with Gasteiger partial charge in [0, 0.05) is 24.4 Å². The zero-order valence-corrected chi connectivity index (χ0v) is 16.7. The Balaban J connectivity index is 1.50. The van der Waals surface area contributed by atoms with E-state index < -0.39 is 0 Å². The van der Waals surface area contributed by atoms with Gasteiger partial charge in [0.2, 0.25) is 0 Å². The van der Waals surface area contributed by atoms with E-state index >= 15 is 0 Å². The van der Waals surface area contributed by atoms with E-state index in [1.807, 2.05) is 18.2 Å². The maximum atomic E-state index is 13.1. The van der Waals surface area contributed by atoms with E-state index in [9.17, 15) is 9.59 Å². The Morgan fingerprint density at radius 2 is 2.10 bits per heavy atom. The number of H-pyrrole nitrogens is 1. The summed E-state index contributed by atoms with van der Waals surface area (Å²) in [4.78, 5) is 31.0. The molecule has 6 nitrogen and oxygen atoms in total. The Bertz CT molecular complexity index is 1220. The number of benzene rings is 2. The van der Waals surface area contributed by atoms with Crippen LogP contribution in [0.25, 0.3) is 10.9 Å². The third kappa shape index (κ3) is 3.20. The van der Waals surface area contributed by atoms with Crippen molar-refractivity contribution in [2.24, 2.45) is 0 Å². The predicted molar refractivity (Wildman–Crippen MR) is 114 cm³/mol. The zero-order chi connectivity index (χ0) is 20.0. The monoisotopic (exact) mass is 407 g/mol. The summed E-state index contributed by atoms with van der Waals surface area (Å²) >= 11 is 5.43. The Labute approximate surface area is 172 Å². The summed E-state index contributed by atoms with van der Waals surface area (Å²) in [5.41, 5.74) is 3.11. The van der Waals surface area contributed by atoms with Crippen LogP contribution in [0.1, 0.15) is 28.8 Å². The van der Waals surface area contributed by atoms with Gasteiger partial charge in [-0.2, -0.15) is 0 Å². The molecule has 148 valence electrons. The number of fused-ring (bicyclic) bond motifs is 2. The van der Waals surface area contributed by atoms with E-state index in [0.717, 1.165) is 31.6 Å². The number of aromatic amines is 1. The molecule has 1 unspecified atom stereocenters. The normalized spacial score (nSPS) is 18.3. The van der Waals surface area contributed by atoms with Gasteiger partial charge in [-0.15, -0.1) is 0 Å². The zero-order valence-electron chi connectivity index (χ0n) is 15.9. The molecular formula is C22H21N3O3S. The number of hydrogen-bond acceptors (Lipinski definition) is 4. The Morgan fingerprint density at radius 3 is 2.93 bits per heavy atom. The van der Waals surface area contributed by atoms with Crippen molar-refractivity contribution in [2.45, 2.75) is 31.9 Å². The second kappa shape index (κ2) is 7.24. The van der Waals surface area contributed by atoms with Crippen molar-refractivity contribution in [1.29, 1.82) is 0 Å².